The van der Waals surface area contributed by atoms with Crippen LogP contribution in [0.15, 0.2) is 12.5 Å². The molecule has 1 spiro atoms. The summed E-state index contributed by atoms with van der Waals surface area (Å²) in [5.41, 5.74) is 1.09. The molecule has 1 atom stereocenters. The first-order valence-corrected chi connectivity index (χ1v) is 10.2. The Bertz CT molecular complexity index is 627. The summed E-state index contributed by atoms with van der Waals surface area (Å²) in [4.78, 5) is 22.2. The first-order chi connectivity index (χ1) is 12.7. The van der Waals surface area contributed by atoms with Gasteiger partial charge in [0.2, 0.25) is 5.91 Å². The molecule has 3 fully saturated rings. The molecule has 1 aromatic rings. The van der Waals surface area contributed by atoms with E-state index in [0.717, 1.165) is 64.4 Å². The normalized spacial score (nSPS) is 27.4. The number of carbonyl (C=O) groups is 1. The second-order valence-electron chi connectivity index (χ2n) is 8.46. The number of amides is 1. The lowest BCUT2D eigenvalue weighted by atomic mass is 9.77. The van der Waals surface area contributed by atoms with Crippen molar-refractivity contribution in [3.05, 3.63) is 18.2 Å². The van der Waals surface area contributed by atoms with Crippen LogP contribution in [-0.2, 0) is 22.6 Å². The van der Waals surface area contributed by atoms with Crippen molar-refractivity contribution in [1.29, 1.82) is 0 Å². The Morgan fingerprint density at radius 3 is 2.92 bits per heavy atom. The second kappa shape index (κ2) is 7.69. The average molecular weight is 361 g/mol. The molecule has 0 N–H and O–H groups in total. The Balaban J connectivity index is 1.37. The molecule has 26 heavy (non-hydrogen) atoms. The quantitative estimate of drug-likeness (QED) is 0.748. The minimum absolute atomic E-state index is 0.126. The van der Waals surface area contributed by atoms with Gasteiger partial charge in [-0.05, 0) is 44.6 Å². The van der Waals surface area contributed by atoms with Gasteiger partial charge in [0.25, 0.3) is 0 Å². The molecule has 6 nitrogen and oxygen atoms in total. The minimum atomic E-state index is -0.126. The molecular formula is C20H32N4O2. The van der Waals surface area contributed by atoms with Crippen LogP contribution >= 0.6 is 0 Å². The molecule has 0 unspecified atom stereocenters. The van der Waals surface area contributed by atoms with Gasteiger partial charge < -0.3 is 14.2 Å². The predicted molar refractivity (Wildman–Crippen MR) is 99.6 cm³/mol. The van der Waals surface area contributed by atoms with E-state index in [4.69, 9.17) is 4.74 Å². The Hall–Kier alpha value is -1.40. The van der Waals surface area contributed by atoms with Crippen molar-refractivity contribution in [2.75, 3.05) is 39.9 Å². The second-order valence-corrected chi connectivity index (χ2v) is 8.46. The lowest BCUT2D eigenvalue weighted by molar-refractivity contribution is -0.146. The van der Waals surface area contributed by atoms with Crippen molar-refractivity contribution in [2.24, 2.45) is 11.3 Å². The fourth-order valence-electron chi connectivity index (χ4n) is 4.89. The van der Waals surface area contributed by atoms with E-state index in [1.807, 2.05) is 12.5 Å². The van der Waals surface area contributed by atoms with Crippen molar-refractivity contribution in [1.82, 2.24) is 19.4 Å². The van der Waals surface area contributed by atoms with Crippen LogP contribution in [0.2, 0.25) is 0 Å². The van der Waals surface area contributed by atoms with Crippen LogP contribution in [0.5, 0.6) is 0 Å². The number of hydrogen-bond acceptors (Lipinski definition) is 4. The SMILES string of the molecule is COCCn1cncc1CN1CC[C@]2(CCCN(CC3CCC3)C2=O)C1. The molecule has 3 heterocycles. The highest BCUT2D eigenvalue weighted by molar-refractivity contribution is 5.84. The first-order valence-electron chi connectivity index (χ1n) is 10.2. The average Bonchev–Trinajstić information content (AvgIpc) is 3.21. The Morgan fingerprint density at radius 2 is 2.15 bits per heavy atom. The number of piperidine rings is 1. The molecule has 3 aliphatic rings. The summed E-state index contributed by atoms with van der Waals surface area (Å²) >= 11 is 0. The third-order valence-electron chi connectivity index (χ3n) is 6.68. The summed E-state index contributed by atoms with van der Waals surface area (Å²) in [7, 11) is 1.73. The first kappa shape index (κ1) is 18.0. The van der Waals surface area contributed by atoms with Crippen molar-refractivity contribution in [3.8, 4) is 0 Å². The van der Waals surface area contributed by atoms with Crippen LogP contribution in [-0.4, -0.2) is 65.2 Å². The van der Waals surface area contributed by atoms with Crippen LogP contribution in [0.25, 0.3) is 0 Å². The molecule has 2 saturated heterocycles. The molecule has 1 saturated carbocycles. The van der Waals surface area contributed by atoms with Crippen molar-refractivity contribution in [3.63, 3.8) is 0 Å². The Morgan fingerprint density at radius 1 is 1.27 bits per heavy atom. The van der Waals surface area contributed by atoms with Gasteiger partial charge in [-0.2, -0.15) is 0 Å². The number of likely N-dealkylation sites (tertiary alicyclic amines) is 2. The number of ether oxygens (including phenoxy) is 1. The monoisotopic (exact) mass is 360 g/mol. The van der Waals surface area contributed by atoms with Gasteiger partial charge in [0.05, 0.1) is 24.0 Å². The van der Waals surface area contributed by atoms with Crippen molar-refractivity contribution >= 4 is 5.91 Å². The van der Waals surface area contributed by atoms with E-state index in [0.29, 0.717) is 12.5 Å². The molecule has 0 aromatic carbocycles. The van der Waals surface area contributed by atoms with Crippen LogP contribution in [0, 0.1) is 11.3 Å². The third-order valence-corrected chi connectivity index (χ3v) is 6.68. The number of imidazole rings is 1. The largest absolute Gasteiger partial charge is 0.383 e. The van der Waals surface area contributed by atoms with Gasteiger partial charge in [-0.15, -0.1) is 0 Å². The summed E-state index contributed by atoms with van der Waals surface area (Å²) in [6, 6.07) is 0. The summed E-state index contributed by atoms with van der Waals surface area (Å²) in [5.74, 6) is 1.20. The number of hydrogen-bond donors (Lipinski definition) is 0. The van der Waals surface area contributed by atoms with Gasteiger partial charge >= 0.3 is 0 Å². The van der Waals surface area contributed by atoms with Crippen LogP contribution in [0.1, 0.15) is 44.2 Å². The fraction of sp³-hybridized carbons (Fsp3) is 0.800. The van der Waals surface area contributed by atoms with E-state index in [2.05, 4.69) is 19.4 Å². The van der Waals surface area contributed by atoms with Gasteiger partial charge in [-0.1, -0.05) is 6.42 Å². The summed E-state index contributed by atoms with van der Waals surface area (Å²) in [6.07, 6.45) is 11.0. The van der Waals surface area contributed by atoms with Gasteiger partial charge in [0.15, 0.2) is 0 Å². The van der Waals surface area contributed by atoms with Crippen LogP contribution in [0.3, 0.4) is 0 Å². The summed E-state index contributed by atoms with van der Waals surface area (Å²) in [5, 5.41) is 0. The molecule has 6 heteroatoms. The molecule has 1 amide bonds. The zero-order valence-corrected chi connectivity index (χ0v) is 16.0. The number of nitrogens with zero attached hydrogens (tertiary/aromatic N) is 4. The van der Waals surface area contributed by atoms with Crippen molar-refractivity contribution in [2.45, 2.75) is 51.6 Å². The highest BCUT2D eigenvalue weighted by Crippen LogP contribution is 2.41. The van der Waals surface area contributed by atoms with Gasteiger partial charge in [0.1, 0.15) is 0 Å². The zero-order valence-electron chi connectivity index (χ0n) is 16.0. The lowest BCUT2D eigenvalue weighted by Gasteiger charge is -2.42. The van der Waals surface area contributed by atoms with Gasteiger partial charge in [-0.25, -0.2) is 4.98 Å². The molecule has 0 bridgehead atoms. The zero-order chi connectivity index (χ0) is 18.0. The van der Waals surface area contributed by atoms with Crippen LogP contribution in [0.4, 0.5) is 0 Å². The fourth-order valence-corrected chi connectivity index (χ4v) is 4.89. The van der Waals surface area contributed by atoms with E-state index in [-0.39, 0.29) is 5.41 Å². The molecule has 1 aromatic heterocycles. The molecule has 0 radical (unpaired) electrons. The maximum atomic E-state index is 13.2. The predicted octanol–water partition coefficient (Wildman–Crippen LogP) is 2.14. The smallest absolute Gasteiger partial charge is 0.230 e. The van der Waals surface area contributed by atoms with E-state index < -0.39 is 0 Å². The van der Waals surface area contributed by atoms with Crippen molar-refractivity contribution < 1.29 is 9.53 Å². The summed E-state index contributed by atoms with van der Waals surface area (Å²) < 4.78 is 7.36. The van der Waals surface area contributed by atoms with E-state index >= 15 is 0 Å². The number of rotatable bonds is 7. The highest BCUT2D eigenvalue weighted by atomic mass is 16.5. The topological polar surface area (TPSA) is 50.6 Å². The minimum Gasteiger partial charge on any atom is -0.383 e. The van der Waals surface area contributed by atoms with Gasteiger partial charge in [-0.3, -0.25) is 9.69 Å². The highest BCUT2D eigenvalue weighted by Gasteiger charge is 2.48. The molecule has 2 aliphatic heterocycles. The van der Waals surface area contributed by atoms with E-state index in [1.165, 1.54) is 25.0 Å². The maximum Gasteiger partial charge on any atom is 0.230 e. The number of carbonyl (C=O) groups excluding carboxylic acids is 1. The number of aromatic nitrogens is 2. The molecular weight excluding hydrogens is 328 g/mol. The molecule has 144 valence electrons. The third kappa shape index (κ3) is 3.54. The Labute approximate surface area is 156 Å². The molecule has 4 rings (SSSR count). The van der Waals surface area contributed by atoms with E-state index in [1.54, 1.807) is 7.11 Å². The van der Waals surface area contributed by atoms with Crippen LogP contribution < -0.4 is 0 Å². The standard InChI is InChI=1S/C20H32N4O2/c1-26-11-10-24-16-21-12-18(24)14-22-9-7-20(15-22)6-3-8-23(19(20)25)13-17-4-2-5-17/h12,16-17H,2-11,13-15H2,1H3/t20-/m1/s1. The van der Waals surface area contributed by atoms with E-state index in [9.17, 15) is 4.79 Å². The lowest BCUT2D eigenvalue weighted by Crippen LogP contribution is -2.51. The maximum absolute atomic E-state index is 13.2. The number of methoxy groups -OCH3 is 1. The molecule has 1 aliphatic carbocycles. The van der Waals surface area contributed by atoms with Gasteiger partial charge in [0, 0.05) is 46.0 Å². The Kier molecular flexibility index (Phi) is 5.32. The summed E-state index contributed by atoms with van der Waals surface area (Å²) in [6.45, 7) is 6.30.